The number of rotatable bonds is 1. The maximum Gasteiger partial charge on any atom is 0 e. The van der Waals surface area contributed by atoms with Gasteiger partial charge in [-0.15, -0.1) is 0 Å². The second-order valence-electron chi connectivity index (χ2n) is 4.59. The van der Waals surface area contributed by atoms with Gasteiger partial charge in [-0.05, 0) is 5.92 Å². The summed E-state index contributed by atoms with van der Waals surface area (Å²) in [6.45, 7) is 28.2. The van der Waals surface area contributed by atoms with Crippen LogP contribution in [0, 0.1) is 19.1 Å². The van der Waals surface area contributed by atoms with Gasteiger partial charge in [-0.1, -0.05) is 101 Å². The minimum Gasteiger partial charge on any atom is -0.394 e. The summed E-state index contributed by atoms with van der Waals surface area (Å²) in [5, 5.41) is 0. The van der Waals surface area contributed by atoms with Crippen molar-refractivity contribution in [3.05, 3.63) is 25.3 Å². The molecule has 0 unspecified atom stereocenters. The zero-order valence-electron chi connectivity index (χ0n) is 16.7. The van der Waals surface area contributed by atoms with Gasteiger partial charge in [-0.2, -0.15) is 0 Å². The molecule has 21 heavy (non-hydrogen) atoms. The Balaban J connectivity index is -0.0000000331. The van der Waals surface area contributed by atoms with Crippen LogP contribution in [0.1, 0.15) is 101 Å². The summed E-state index contributed by atoms with van der Waals surface area (Å²) in [6, 6.07) is 0. The molecule has 0 saturated heterocycles. The predicted octanol–water partition coefficient (Wildman–Crippen LogP) is 8.04. The van der Waals surface area contributed by atoms with Crippen molar-refractivity contribution in [2.75, 3.05) is 0 Å². The molecule has 1 rings (SSSR count). The van der Waals surface area contributed by atoms with Crippen LogP contribution >= 0.6 is 0 Å². The van der Waals surface area contributed by atoms with Gasteiger partial charge >= 0.3 is 0 Å². The molecule has 0 amide bonds. The fourth-order valence-corrected chi connectivity index (χ4v) is 0.884. The van der Waals surface area contributed by atoms with E-state index in [1.165, 1.54) is 50.7 Å². The van der Waals surface area contributed by atoms with E-state index in [9.17, 15) is 0 Å². The molecule has 1 fully saturated rings. The van der Waals surface area contributed by atoms with E-state index in [0.29, 0.717) is 0 Å². The van der Waals surface area contributed by atoms with Gasteiger partial charge in [0.25, 0.3) is 0 Å². The normalized spacial score (nSPS) is 9.81. The first-order chi connectivity index (χ1) is 9.56. The number of allylic oxidation sites excluding steroid dienone is 2. The Hall–Kier alpha value is 0.584. The minimum atomic E-state index is 0. The number of hydrogen-bond acceptors (Lipinski definition) is 0. The van der Waals surface area contributed by atoms with Crippen molar-refractivity contribution in [3.8, 4) is 0 Å². The molecule has 0 atom stereocenters. The molecule has 1 aliphatic rings. The maximum absolute atomic E-state index is 4.72. The van der Waals surface area contributed by atoms with Crippen molar-refractivity contribution in [3.63, 3.8) is 0 Å². The first kappa shape index (κ1) is 37.7. The molecule has 0 spiro atoms. The molecule has 0 N–H and O–H groups in total. The third-order valence-corrected chi connectivity index (χ3v) is 1.36. The summed E-state index contributed by atoms with van der Waals surface area (Å²) in [6.07, 6.45) is 11.3. The van der Waals surface area contributed by atoms with Gasteiger partial charge < -0.3 is 25.3 Å². The summed E-state index contributed by atoms with van der Waals surface area (Å²) >= 11 is 0. The average Bonchev–Trinajstić information content (AvgIpc) is 3.02. The predicted molar refractivity (Wildman–Crippen MR) is 100.0 cm³/mol. The van der Waals surface area contributed by atoms with Crippen LogP contribution in [0.25, 0.3) is 0 Å². The minimum absolute atomic E-state index is 0. The zero-order valence-corrected chi connectivity index (χ0v) is 19.5. The van der Waals surface area contributed by atoms with Crippen LogP contribution < -0.4 is 0 Å². The Labute approximate surface area is 164 Å². The molecule has 1 heteroatoms. The first-order valence-corrected chi connectivity index (χ1v) is 8.65. The molecule has 0 heterocycles. The van der Waals surface area contributed by atoms with Crippen molar-refractivity contribution in [1.82, 2.24) is 0 Å². The molecular formula is C20H44Y-2. The Morgan fingerprint density at radius 1 is 0.714 bits per heavy atom. The standard InChI is InChI=1S/C5H10.C4H10.C4H4.C3H8.2C2H6.Y/c1-2-4-5-3-1;1-4(2)3;1-3-4-2;1-3-2;2*1-2;/h1-5H2;4H,1-3H3;1-4H;3H2,1-2H3;2*1-2H3;/q;;-2;;;;. The van der Waals surface area contributed by atoms with Gasteiger partial charge in [0.2, 0.25) is 0 Å². The fourth-order valence-electron chi connectivity index (χ4n) is 0.884. The molecule has 0 bridgehead atoms. The Bertz CT molecular complexity index is 96.6. The third kappa shape index (κ3) is 164. The number of hydrogen-bond donors (Lipinski definition) is 0. The Morgan fingerprint density at radius 2 is 0.810 bits per heavy atom. The van der Waals surface area contributed by atoms with E-state index in [2.05, 4.69) is 34.6 Å². The van der Waals surface area contributed by atoms with E-state index in [4.69, 9.17) is 13.2 Å². The second-order valence-corrected chi connectivity index (χ2v) is 4.59. The van der Waals surface area contributed by atoms with Gasteiger partial charge in [-0.25, -0.2) is 0 Å². The van der Waals surface area contributed by atoms with Crippen LogP contribution in [0.15, 0.2) is 12.2 Å². The van der Waals surface area contributed by atoms with Crippen molar-refractivity contribution in [2.45, 2.75) is 101 Å². The first-order valence-electron chi connectivity index (χ1n) is 8.65. The molecule has 0 aromatic carbocycles. The summed E-state index contributed by atoms with van der Waals surface area (Å²) in [7, 11) is 0. The molecule has 1 aliphatic carbocycles. The molecular weight excluding hydrogens is 329 g/mol. The van der Waals surface area contributed by atoms with Crippen molar-refractivity contribution < 1.29 is 32.7 Å². The summed E-state index contributed by atoms with van der Waals surface area (Å²) in [5.74, 6) is 0.833. The Kier molecular flexibility index (Phi) is 105. The monoisotopic (exact) mass is 373 g/mol. The largest absolute Gasteiger partial charge is 0.394 e. The second kappa shape index (κ2) is 58.8. The maximum atomic E-state index is 4.72. The molecule has 0 nitrogen and oxygen atoms in total. The Morgan fingerprint density at radius 3 is 0.857 bits per heavy atom. The fraction of sp³-hybridized carbons (Fsp3) is 0.800. The quantitative estimate of drug-likeness (QED) is 0.322. The van der Waals surface area contributed by atoms with Crippen molar-refractivity contribution in [1.29, 1.82) is 0 Å². The molecule has 129 valence electrons. The SMILES string of the molecule is C1CCCC1.CC.CC.CC(C)C.CCC.[CH-]=CC=[CH-].[Y]. The zero-order chi connectivity index (χ0) is 17.2. The van der Waals surface area contributed by atoms with E-state index in [1.54, 1.807) is 0 Å². The van der Waals surface area contributed by atoms with Gasteiger partial charge in [-0.3, -0.25) is 0 Å². The van der Waals surface area contributed by atoms with E-state index >= 15 is 0 Å². The van der Waals surface area contributed by atoms with Crippen LogP contribution in [-0.4, -0.2) is 0 Å². The van der Waals surface area contributed by atoms with E-state index in [1.807, 2.05) is 27.7 Å². The van der Waals surface area contributed by atoms with Crippen LogP contribution in [-0.2, 0) is 32.7 Å². The van der Waals surface area contributed by atoms with Crippen LogP contribution in [0.2, 0.25) is 0 Å². The van der Waals surface area contributed by atoms with Gasteiger partial charge in [0.1, 0.15) is 0 Å². The van der Waals surface area contributed by atoms with Crippen LogP contribution in [0.4, 0.5) is 0 Å². The average molecular weight is 373 g/mol. The molecule has 0 aromatic heterocycles. The van der Waals surface area contributed by atoms with Gasteiger partial charge in [0, 0.05) is 32.7 Å². The van der Waals surface area contributed by atoms with E-state index in [-0.39, 0.29) is 32.7 Å². The van der Waals surface area contributed by atoms with Crippen LogP contribution in [0.5, 0.6) is 0 Å². The molecule has 0 aromatic rings. The molecule has 1 radical (unpaired) electrons. The topological polar surface area (TPSA) is 0 Å². The van der Waals surface area contributed by atoms with Crippen molar-refractivity contribution in [2.24, 2.45) is 5.92 Å². The smallest absolute Gasteiger partial charge is 0 e. The van der Waals surface area contributed by atoms with Gasteiger partial charge in [0.15, 0.2) is 0 Å². The van der Waals surface area contributed by atoms with Crippen LogP contribution in [0.3, 0.4) is 0 Å². The summed E-state index contributed by atoms with van der Waals surface area (Å²) < 4.78 is 0. The summed E-state index contributed by atoms with van der Waals surface area (Å²) in [4.78, 5) is 0. The molecule has 0 aliphatic heterocycles. The molecule has 1 saturated carbocycles. The van der Waals surface area contributed by atoms with Crippen molar-refractivity contribution >= 4 is 0 Å². The van der Waals surface area contributed by atoms with E-state index < -0.39 is 0 Å². The van der Waals surface area contributed by atoms with Gasteiger partial charge in [0.05, 0.1) is 0 Å². The summed E-state index contributed by atoms with van der Waals surface area (Å²) in [5.41, 5.74) is 0. The van der Waals surface area contributed by atoms with E-state index in [0.717, 1.165) is 5.92 Å². The third-order valence-electron chi connectivity index (χ3n) is 1.36.